The van der Waals surface area contributed by atoms with Gasteiger partial charge >= 0.3 is 0 Å². The highest BCUT2D eigenvalue weighted by molar-refractivity contribution is 7.93. The van der Waals surface area contributed by atoms with E-state index >= 15 is 0 Å². The Morgan fingerprint density at radius 3 is 2.83 bits per heavy atom. The first-order valence-electron chi connectivity index (χ1n) is 6.68. The van der Waals surface area contributed by atoms with Crippen molar-refractivity contribution in [1.82, 2.24) is 0 Å². The molecule has 4 atom stereocenters. The topological polar surface area (TPSA) is 46.2 Å². The van der Waals surface area contributed by atoms with Crippen LogP contribution in [0.5, 0.6) is 0 Å². The van der Waals surface area contributed by atoms with E-state index in [2.05, 4.69) is 17.7 Å². The molecule has 4 rings (SSSR count). The Balaban J connectivity index is 1.94. The zero-order valence-corrected chi connectivity index (χ0v) is 11.2. The zero-order valence-electron chi connectivity index (χ0n) is 10.4. The number of fused-ring (bicyclic) bond motifs is 7. The lowest BCUT2D eigenvalue weighted by Gasteiger charge is -2.36. The number of hydrogen-bond acceptors (Lipinski definition) is 2. The van der Waals surface area contributed by atoms with Gasteiger partial charge in [0.2, 0.25) is 10.0 Å². The molecule has 1 aliphatic heterocycles. The fourth-order valence-electron chi connectivity index (χ4n) is 4.39. The summed E-state index contributed by atoms with van der Waals surface area (Å²) in [7, 11) is -3.17. The van der Waals surface area contributed by atoms with Gasteiger partial charge in [-0.15, -0.1) is 0 Å². The quantitative estimate of drug-likeness (QED) is 0.782. The molecule has 1 N–H and O–H groups in total. The molecular weight excluding hydrogens is 246 g/mol. The Labute approximate surface area is 108 Å². The van der Waals surface area contributed by atoms with Crippen LogP contribution in [-0.2, 0) is 10.0 Å². The van der Waals surface area contributed by atoms with E-state index in [1.807, 2.05) is 12.1 Å². The maximum atomic E-state index is 12.4. The van der Waals surface area contributed by atoms with Gasteiger partial charge in [0, 0.05) is 5.92 Å². The molecule has 0 saturated heterocycles. The van der Waals surface area contributed by atoms with E-state index in [0.29, 0.717) is 11.8 Å². The second-order valence-corrected chi connectivity index (χ2v) is 7.90. The number of aryl methyl sites for hydroxylation is 1. The van der Waals surface area contributed by atoms with E-state index in [1.54, 1.807) is 0 Å². The van der Waals surface area contributed by atoms with Gasteiger partial charge in [-0.3, -0.25) is 4.72 Å². The summed E-state index contributed by atoms with van der Waals surface area (Å²) in [6, 6.07) is 6.08. The lowest BCUT2D eigenvalue weighted by molar-refractivity contribution is 0.411. The number of benzene rings is 1. The average molecular weight is 263 g/mol. The van der Waals surface area contributed by atoms with Crippen molar-refractivity contribution in [3.63, 3.8) is 0 Å². The smallest absolute Gasteiger partial charge is 0.236 e. The summed E-state index contributed by atoms with van der Waals surface area (Å²) in [6.45, 7) is 2.07. The summed E-state index contributed by atoms with van der Waals surface area (Å²) >= 11 is 0. The van der Waals surface area contributed by atoms with Crippen LogP contribution in [0, 0.1) is 18.8 Å². The van der Waals surface area contributed by atoms with Gasteiger partial charge in [0.25, 0.3) is 0 Å². The van der Waals surface area contributed by atoms with Crippen LogP contribution < -0.4 is 4.72 Å². The van der Waals surface area contributed by atoms with Gasteiger partial charge in [-0.1, -0.05) is 17.7 Å². The minimum absolute atomic E-state index is 0.175. The van der Waals surface area contributed by atoms with Crippen molar-refractivity contribution in [2.24, 2.45) is 11.8 Å². The van der Waals surface area contributed by atoms with E-state index in [4.69, 9.17) is 0 Å². The van der Waals surface area contributed by atoms with Crippen LogP contribution in [0.1, 0.15) is 36.3 Å². The van der Waals surface area contributed by atoms with Crippen LogP contribution in [0.4, 0.5) is 5.69 Å². The van der Waals surface area contributed by atoms with Crippen molar-refractivity contribution in [3.05, 3.63) is 29.3 Å². The largest absolute Gasteiger partial charge is 0.283 e. The van der Waals surface area contributed by atoms with Crippen LogP contribution in [0.15, 0.2) is 18.2 Å². The van der Waals surface area contributed by atoms with E-state index in [0.717, 1.165) is 18.5 Å². The van der Waals surface area contributed by atoms with E-state index in [-0.39, 0.29) is 11.2 Å². The van der Waals surface area contributed by atoms with E-state index in [1.165, 1.54) is 17.5 Å². The van der Waals surface area contributed by atoms with Gasteiger partial charge in [-0.25, -0.2) is 8.42 Å². The van der Waals surface area contributed by atoms with Gasteiger partial charge in [0.1, 0.15) is 0 Å². The van der Waals surface area contributed by atoms with Crippen LogP contribution in [0.25, 0.3) is 0 Å². The van der Waals surface area contributed by atoms with Gasteiger partial charge < -0.3 is 0 Å². The molecule has 4 heteroatoms. The molecule has 1 aromatic carbocycles. The third-order valence-electron chi connectivity index (χ3n) is 5.02. The van der Waals surface area contributed by atoms with Crippen molar-refractivity contribution in [1.29, 1.82) is 0 Å². The number of anilines is 1. The highest BCUT2D eigenvalue weighted by Gasteiger charge is 2.56. The lowest BCUT2D eigenvalue weighted by Crippen LogP contribution is -2.41. The van der Waals surface area contributed by atoms with Crippen molar-refractivity contribution >= 4 is 15.7 Å². The van der Waals surface area contributed by atoms with Crippen LogP contribution in [0.3, 0.4) is 0 Å². The SMILES string of the molecule is Cc1ccc2c(c1)[C@H]1[C@H]3CC[C@@H](C3)[C@H]1S(=O)(=O)N2. The molecule has 2 bridgehead atoms. The summed E-state index contributed by atoms with van der Waals surface area (Å²) in [5, 5.41) is -0.175. The maximum Gasteiger partial charge on any atom is 0.236 e. The molecule has 1 aromatic rings. The lowest BCUT2D eigenvalue weighted by atomic mass is 9.81. The van der Waals surface area contributed by atoms with Gasteiger partial charge in [-0.05, 0) is 49.7 Å². The first-order valence-corrected chi connectivity index (χ1v) is 8.23. The molecule has 0 radical (unpaired) electrons. The average Bonchev–Trinajstić information content (AvgIpc) is 2.90. The number of sulfonamides is 1. The first-order chi connectivity index (χ1) is 8.56. The maximum absolute atomic E-state index is 12.4. The Morgan fingerprint density at radius 2 is 2.00 bits per heavy atom. The third-order valence-corrected chi connectivity index (χ3v) is 6.92. The molecule has 3 nitrogen and oxygen atoms in total. The molecule has 96 valence electrons. The van der Waals surface area contributed by atoms with E-state index in [9.17, 15) is 8.42 Å². The summed E-state index contributed by atoms with van der Waals surface area (Å²) in [4.78, 5) is 0. The minimum Gasteiger partial charge on any atom is -0.283 e. The normalized spacial score (nSPS) is 38.9. The Morgan fingerprint density at radius 1 is 1.22 bits per heavy atom. The monoisotopic (exact) mass is 263 g/mol. The van der Waals surface area contributed by atoms with Crippen molar-refractivity contribution < 1.29 is 8.42 Å². The Bertz CT molecular complexity index is 623. The summed E-state index contributed by atoms with van der Waals surface area (Å²) in [5.41, 5.74) is 3.27. The van der Waals surface area contributed by atoms with E-state index < -0.39 is 10.0 Å². The number of hydrogen-bond donors (Lipinski definition) is 1. The van der Waals surface area contributed by atoms with Crippen molar-refractivity contribution in [2.45, 2.75) is 37.4 Å². The molecule has 0 unspecified atom stereocenters. The predicted molar refractivity (Wildman–Crippen MR) is 71.1 cm³/mol. The molecule has 2 aliphatic carbocycles. The number of rotatable bonds is 0. The summed E-state index contributed by atoms with van der Waals surface area (Å²) in [6.07, 6.45) is 3.40. The molecule has 1 heterocycles. The second-order valence-electron chi connectivity index (χ2n) is 6.06. The zero-order chi connectivity index (χ0) is 12.5. The molecule has 0 amide bonds. The molecule has 2 saturated carbocycles. The molecule has 0 aromatic heterocycles. The van der Waals surface area contributed by atoms with Crippen LogP contribution >= 0.6 is 0 Å². The second kappa shape index (κ2) is 3.29. The third kappa shape index (κ3) is 1.27. The van der Waals surface area contributed by atoms with Crippen LogP contribution in [0.2, 0.25) is 0 Å². The van der Waals surface area contributed by atoms with Crippen LogP contribution in [-0.4, -0.2) is 13.7 Å². The van der Waals surface area contributed by atoms with Crippen molar-refractivity contribution in [2.75, 3.05) is 4.72 Å². The Kier molecular flexibility index (Phi) is 1.99. The highest BCUT2D eigenvalue weighted by Crippen LogP contribution is 2.58. The van der Waals surface area contributed by atoms with Gasteiger partial charge in [-0.2, -0.15) is 0 Å². The molecular formula is C14H17NO2S. The van der Waals surface area contributed by atoms with Crippen molar-refractivity contribution in [3.8, 4) is 0 Å². The molecule has 2 fully saturated rings. The highest BCUT2D eigenvalue weighted by atomic mass is 32.2. The Hall–Kier alpha value is -1.03. The summed E-state index contributed by atoms with van der Waals surface area (Å²) in [5.74, 6) is 1.20. The molecule has 3 aliphatic rings. The standard InChI is InChI=1S/C14H17NO2S/c1-8-2-5-12-11(6-8)13-9-3-4-10(7-9)14(13)18(16,17)15-12/h2,5-6,9-10,13-15H,3-4,7H2,1H3/t9-,10-,13+,14+/m0/s1. The molecule has 0 spiro atoms. The first kappa shape index (κ1) is 10.9. The fourth-order valence-corrected chi connectivity index (χ4v) is 6.53. The fraction of sp³-hybridized carbons (Fsp3) is 0.571. The predicted octanol–water partition coefficient (Wildman–Crippen LogP) is 2.63. The van der Waals surface area contributed by atoms with Gasteiger partial charge in [0.15, 0.2) is 0 Å². The molecule has 18 heavy (non-hydrogen) atoms. The number of nitrogens with one attached hydrogen (secondary N) is 1. The summed E-state index contributed by atoms with van der Waals surface area (Å²) < 4.78 is 27.6. The minimum atomic E-state index is -3.17. The van der Waals surface area contributed by atoms with Gasteiger partial charge in [0.05, 0.1) is 10.9 Å².